The summed E-state index contributed by atoms with van der Waals surface area (Å²) in [5.41, 5.74) is 2.37. The third kappa shape index (κ3) is 4.00. The molecule has 0 radical (unpaired) electrons. The minimum atomic E-state index is -0.994. The van der Waals surface area contributed by atoms with E-state index >= 15 is 0 Å². The number of benzene rings is 1. The SMILES string of the molecule is O=C1C/C(=C\c2cnn3c(NC4CC4)nc(NCc4cccc(C(=O)O)c4)nc23)C(=O)N1. The maximum atomic E-state index is 11.9. The van der Waals surface area contributed by atoms with Crippen LogP contribution in [-0.4, -0.2) is 48.5 Å². The molecule has 1 aliphatic heterocycles. The molecule has 1 aromatic carbocycles. The molecule has 0 atom stereocenters. The second kappa shape index (κ2) is 7.76. The lowest BCUT2D eigenvalue weighted by Crippen LogP contribution is -2.19. The van der Waals surface area contributed by atoms with Crippen molar-refractivity contribution >= 4 is 41.4 Å². The number of carboxylic acid groups (broad SMARTS) is 1. The molecule has 162 valence electrons. The number of aromatic carboxylic acids is 1. The van der Waals surface area contributed by atoms with Crippen LogP contribution in [0, 0.1) is 0 Å². The van der Waals surface area contributed by atoms with E-state index in [4.69, 9.17) is 0 Å². The van der Waals surface area contributed by atoms with Crippen LogP contribution >= 0.6 is 0 Å². The minimum Gasteiger partial charge on any atom is -0.478 e. The predicted molar refractivity (Wildman–Crippen MR) is 114 cm³/mol. The second-order valence-corrected chi connectivity index (χ2v) is 7.71. The number of aromatic nitrogens is 4. The number of anilines is 2. The molecule has 2 fully saturated rings. The Morgan fingerprint density at radius 3 is 2.84 bits per heavy atom. The Morgan fingerprint density at radius 1 is 1.28 bits per heavy atom. The summed E-state index contributed by atoms with van der Waals surface area (Å²) in [5, 5.41) is 22.2. The summed E-state index contributed by atoms with van der Waals surface area (Å²) in [7, 11) is 0. The van der Waals surface area contributed by atoms with Crippen molar-refractivity contribution < 1.29 is 19.5 Å². The highest BCUT2D eigenvalue weighted by Gasteiger charge is 2.26. The molecular weight excluding hydrogens is 414 g/mol. The first-order valence-corrected chi connectivity index (χ1v) is 10.1. The number of carbonyl (C=O) groups is 3. The molecule has 1 saturated carbocycles. The van der Waals surface area contributed by atoms with E-state index in [1.54, 1.807) is 28.9 Å². The van der Waals surface area contributed by atoms with Crippen molar-refractivity contribution in [1.29, 1.82) is 0 Å². The highest BCUT2D eigenvalue weighted by molar-refractivity contribution is 6.15. The number of hydrogen-bond acceptors (Lipinski definition) is 8. The average molecular weight is 433 g/mol. The van der Waals surface area contributed by atoms with Gasteiger partial charge in [0.05, 0.1) is 18.2 Å². The van der Waals surface area contributed by atoms with Crippen molar-refractivity contribution in [3.63, 3.8) is 0 Å². The molecule has 4 N–H and O–H groups in total. The van der Waals surface area contributed by atoms with E-state index in [-0.39, 0.29) is 17.9 Å². The topological polar surface area (TPSA) is 151 Å². The summed E-state index contributed by atoms with van der Waals surface area (Å²) >= 11 is 0. The van der Waals surface area contributed by atoms with Gasteiger partial charge in [-0.3, -0.25) is 14.9 Å². The number of rotatable bonds is 7. The van der Waals surface area contributed by atoms with Crippen molar-refractivity contribution in [2.75, 3.05) is 10.6 Å². The average Bonchev–Trinajstić information content (AvgIpc) is 3.41. The van der Waals surface area contributed by atoms with Crippen molar-refractivity contribution in [3.8, 4) is 0 Å². The fourth-order valence-electron chi connectivity index (χ4n) is 3.38. The van der Waals surface area contributed by atoms with Gasteiger partial charge < -0.3 is 15.7 Å². The van der Waals surface area contributed by atoms with Crippen molar-refractivity contribution in [3.05, 3.63) is 52.7 Å². The summed E-state index contributed by atoms with van der Waals surface area (Å²) in [6.45, 7) is 0.321. The molecule has 0 spiro atoms. The first kappa shape index (κ1) is 19.7. The van der Waals surface area contributed by atoms with Gasteiger partial charge in [-0.05, 0) is 36.6 Å². The number of nitrogens with zero attached hydrogens (tertiary/aromatic N) is 4. The zero-order valence-electron chi connectivity index (χ0n) is 16.8. The van der Waals surface area contributed by atoms with Crippen LogP contribution in [0.2, 0.25) is 0 Å². The van der Waals surface area contributed by atoms with Gasteiger partial charge in [0, 0.05) is 23.7 Å². The first-order chi connectivity index (χ1) is 15.5. The molecule has 32 heavy (non-hydrogen) atoms. The molecule has 3 heterocycles. The van der Waals surface area contributed by atoms with Crippen molar-refractivity contribution in [2.24, 2.45) is 0 Å². The Labute approximate surface area is 181 Å². The van der Waals surface area contributed by atoms with Gasteiger partial charge in [0.2, 0.25) is 17.8 Å². The van der Waals surface area contributed by atoms with Gasteiger partial charge in [-0.25, -0.2) is 4.79 Å². The van der Waals surface area contributed by atoms with Crippen molar-refractivity contribution in [2.45, 2.75) is 31.8 Å². The van der Waals surface area contributed by atoms with Gasteiger partial charge in [0.1, 0.15) is 0 Å². The number of amides is 2. The summed E-state index contributed by atoms with van der Waals surface area (Å²) in [5.74, 6) is -0.915. The first-order valence-electron chi connectivity index (χ1n) is 10.1. The molecule has 0 unspecified atom stereocenters. The standard InChI is InChI=1S/C21H19N7O4/c29-16-8-13(18(30)25-16)7-14-10-23-28-17(14)26-20(27-21(28)24-15-4-5-15)22-9-11-2-1-3-12(6-11)19(31)32/h1-3,6-7,10,15H,4-5,8-9H2,(H,31,32)(H,25,29,30)(H2,22,24,26,27)/b13-7+. The number of carbonyl (C=O) groups excluding carboxylic acids is 2. The Morgan fingerprint density at radius 2 is 2.12 bits per heavy atom. The van der Waals surface area contributed by atoms with Crippen LogP contribution in [0.4, 0.5) is 11.9 Å². The van der Waals surface area contributed by atoms with Gasteiger partial charge in [-0.15, -0.1) is 0 Å². The van der Waals surface area contributed by atoms with Gasteiger partial charge in [0.15, 0.2) is 5.65 Å². The fourth-order valence-corrected chi connectivity index (χ4v) is 3.38. The molecule has 1 aliphatic carbocycles. The molecule has 2 aliphatic rings. The molecule has 3 aromatic rings. The quantitative estimate of drug-likeness (QED) is 0.320. The maximum Gasteiger partial charge on any atom is 0.335 e. The molecular formula is C21H19N7O4. The fraction of sp³-hybridized carbons (Fsp3) is 0.238. The van der Waals surface area contributed by atoms with Crippen LogP contribution in [0.1, 0.15) is 40.7 Å². The van der Waals surface area contributed by atoms with E-state index in [1.807, 2.05) is 6.07 Å². The normalized spacial score (nSPS) is 17.1. The van der Waals surface area contributed by atoms with E-state index in [0.29, 0.717) is 41.3 Å². The van der Waals surface area contributed by atoms with Crippen molar-refractivity contribution in [1.82, 2.24) is 24.9 Å². The van der Waals surface area contributed by atoms with E-state index in [1.165, 1.54) is 6.07 Å². The lowest BCUT2D eigenvalue weighted by atomic mass is 10.1. The van der Waals surface area contributed by atoms with Crippen LogP contribution in [0.3, 0.4) is 0 Å². The van der Waals surface area contributed by atoms with Crippen LogP contribution in [-0.2, 0) is 16.1 Å². The van der Waals surface area contributed by atoms with Gasteiger partial charge >= 0.3 is 5.97 Å². The van der Waals surface area contributed by atoms with Crippen LogP contribution < -0.4 is 16.0 Å². The molecule has 5 rings (SSSR count). The number of imide groups is 1. The van der Waals surface area contributed by atoms with Crippen LogP contribution in [0.15, 0.2) is 36.0 Å². The largest absolute Gasteiger partial charge is 0.478 e. The van der Waals surface area contributed by atoms with Gasteiger partial charge in [0.25, 0.3) is 5.91 Å². The van der Waals surface area contributed by atoms with E-state index in [2.05, 4.69) is 31.0 Å². The molecule has 1 saturated heterocycles. The van der Waals surface area contributed by atoms with Gasteiger partial charge in [-0.1, -0.05) is 12.1 Å². The summed E-state index contributed by atoms with van der Waals surface area (Å²) in [6.07, 6.45) is 5.27. The summed E-state index contributed by atoms with van der Waals surface area (Å²) < 4.78 is 1.57. The zero-order chi connectivity index (χ0) is 22.2. The second-order valence-electron chi connectivity index (χ2n) is 7.71. The van der Waals surface area contributed by atoms with Crippen LogP contribution in [0.5, 0.6) is 0 Å². The molecule has 11 nitrogen and oxygen atoms in total. The zero-order valence-corrected chi connectivity index (χ0v) is 16.8. The van der Waals surface area contributed by atoms with E-state index < -0.39 is 11.9 Å². The number of fused-ring (bicyclic) bond motifs is 1. The smallest absolute Gasteiger partial charge is 0.335 e. The number of nitrogens with one attached hydrogen (secondary N) is 3. The lowest BCUT2D eigenvalue weighted by Gasteiger charge is -2.10. The third-order valence-corrected chi connectivity index (χ3v) is 5.16. The Kier molecular flexibility index (Phi) is 4.77. The molecule has 11 heteroatoms. The lowest BCUT2D eigenvalue weighted by molar-refractivity contribution is -0.124. The monoisotopic (exact) mass is 433 g/mol. The Balaban J connectivity index is 1.47. The highest BCUT2D eigenvalue weighted by Crippen LogP contribution is 2.26. The number of carboxylic acids is 1. The van der Waals surface area contributed by atoms with E-state index in [9.17, 15) is 19.5 Å². The molecule has 2 aromatic heterocycles. The summed E-state index contributed by atoms with van der Waals surface area (Å²) in [6, 6.07) is 6.92. The molecule has 2 amide bonds. The van der Waals surface area contributed by atoms with Crippen LogP contribution in [0.25, 0.3) is 11.7 Å². The minimum absolute atomic E-state index is 0.0134. The highest BCUT2D eigenvalue weighted by atomic mass is 16.4. The molecule has 0 bridgehead atoms. The summed E-state index contributed by atoms with van der Waals surface area (Å²) in [4.78, 5) is 43.7. The number of hydrogen-bond donors (Lipinski definition) is 4. The Bertz CT molecular complexity index is 1290. The maximum absolute atomic E-state index is 11.9. The third-order valence-electron chi connectivity index (χ3n) is 5.16. The predicted octanol–water partition coefficient (Wildman–Crippen LogP) is 1.44. The Hall–Kier alpha value is -4.28. The van der Waals surface area contributed by atoms with E-state index in [0.717, 1.165) is 18.4 Å². The van der Waals surface area contributed by atoms with Gasteiger partial charge in [-0.2, -0.15) is 19.6 Å².